The second-order valence-electron chi connectivity index (χ2n) is 5.35. The molecule has 0 bridgehead atoms. The van der Waals surface area contributed by atoms with Gasteiger partial charge in [-0.15, -0.1) is 0 Å². The molecule has 6 nitrogen and oxygen atoms in total. The van der Waals surface area contributed by atoms with Crippen molar-refractivity contribution in [3.8, 4) is 0 Å². The average molecular weight is 246 g/mol. The van der Waals surface area contributed by atoms with Gasteiger partial charge in [-0.2, -0.15) is 0 Å². The van der Waals surface area contributed by atoms with Crippen molar-refractivity contribution in [3.05, 3.63) is 0 Å². The lowest BCUT2D eigenvalue weighted by atomic mass is 9.92. The zero-order valence-electron chi connectivity index (χ0n) is 10.8. The van der Waals surface area contributed by atoms with Gasteiger partial charge in [-0.3, -0.25) is 0 Å². The molecule has 1 fully saturated rings. The number of methoxy groups -OCH3 is 1. The summed E-state index contributed by atoms with van der Waals surface area (Å²) in [7, 11) is 1.40. The molecule has 0 spiro atoms. The minimum absolute atomic E-state index is 0.0532. The Morgan fingerprint density at radius 2 is 2.00 bits per heavy atom. The SMILES string of the molecule is COC(O)C(N)C1CN(C(=O)OC(C)(C)C)C1. The number of carbonyl (C=O) groups is 1. The molecule has 100 valence electrons. The Morgan fingerprint density at radius 1 is 1.47 bits per heavy atom. The van der Waals surface area contributed by atoms with Crippen LogP contribution >= 0.6 is 0 Å². The summed E-state index contributed by atoms with van der Waals surface area (Å²) < 4.78 is 9.95. The predicted molar refractivity (Wildman–Crippen MR) is 62.3 cm³/mol. The van der Waals surface area contributed by atoms with Gasteiger partial charge in [-0.1, -0.05) is 0 Å². The lowest BCUT2D eigenvalue weighted by Gasteiger charge is -2.43. The molecule has 0 radical (unpaired) electrons. The van der Waals surface area contributed by atoms with E-state index in [0.29, 0.717) is 13.1 Å². The number of rotatable bonds is 3. The van der Waals surface area contributed by atoms with Gasteiger partial charge >= 0.3 is 6.09 Å². The number of likely N-dealkylation sites (tertiary alicyclic amines) is 1. The van der Waals surface area contributed by atoms with Crippen molar-refractivity contribution in [3.63, 3.8) is 0 Å². The third kappa shape index (κ3) is 3.83. The standard InChI is InChI=1S/C11H22N2O4/c1-11(2,3)17-10(15)13-5-7(6-13)8(12)9(14)16-4/h7-9,14H,5-6,12H2,1-4H3. The van der Waals surface area contributed by atoms with Crippen molar-refractivity contribution < 1.29 is 19.4 Å². The predicted octanol–water partition coefficient (Wildman–Crippen LogP) is 0.145. The number of nitrogens with two attached hydrogens (primary N) is 1. The average Bonchev–Trinajstić information content (AvgIpc) is 2.10. The fraction of sp³-hybridized carbons (Fsp3) is 0.909. The lowest BCUT2D eigenvalue weighted by Crippen LogP contribution is -2.60. The summed E-state index contributed by atoms with van der Waals surface area (Å²) in [5, 5.41) is 9.39. The second kappa shape index (κ2) is 5.20. The van der Waals surface area contributed by atoms with Gasteiger partial charge in [0.1, 0.15) is 5.60 Å². The number of hydrogen-bond acceptors (Lipinski definition) is 5. The molecule has 17 heavy (non-hydrogen) atoms. The summed E-state index contributed by atoms with van der Waals surface area (Å²) in [6, 6.07) is -0.473. The monoisotopic (exact) mass is 246 g/mol. The number of ether oxygens (including phenoxy) is 2. The Morgan fingerprint density at radius 3 is 2.41 bits per heavy atom. The van der Waals surface area contributed by atoms with Gasteiger partial charge in [0.15, 0.2) is 6.29 Å². The quantitative estimate of drug-likeness (QED) is 0.692. The minimum atomic E-state index is -0.985. The molecule has 1 aliphatic rings. The van der Waals surface area contributed by atoms with Crippen molar-refractivity contribution in [1.82, 2.24) is 4.90 Å². The molecule has 3 N–H and O–H groups in total. The number of hydrogen-bond donors (Lipinski definition) is 2. The first kappa shape index (κ1) is 14.2. The molecular weight excluding hydrogens is 224 g/mol. The molecule has 1 amide bonds. The smallest absolute Gasteiger partial charge is 0.410 e. The van der Waals surface area contributed by atoms with Gasteiger partial charge in [-0.05, 0) is 20.8 Å². The number of aliphatic hydroxyl groups is 1. The Kier molecular flexibility index (Phi) is 4.35. The van der Waals surface area contributed by atoms with Crippen LogP contribution in [-0.2, 0) is 9.47 Å². The van der Waals surface area contributed by atoms with Crippen LogP contribution in [0.1, 0.15) is 20.8 Å². The van der Waals surface area contributed by atoms with Crippen LogP contribution in [-0.4, -0.2) is 54.2 Å². The van der Waals surface area contributed by atoms with Crippen LogP contribution in [0, 0.1) is 5.92 Å². The minimum Gasteiger partial charge on any atom is -0.444 e. The van der Waals surface area contributed by atoms with E-state index >= 15 is 0 Å². The van der Waals surface area contributed by atoms with Crippen molar-refractivity contribution in [1.29, 1.82) is 0 Å². The molecule has 1 aliphatic heterocycles. The maximum atomic E-state index is 11.6. The van der Waals surface area contributed by atoms with Crippen LogP contribution in [0.25, 0.3) is 0 Å². The van der Waals surface area contributed by atoms with Crippen molar-refractivity contribution in [2.24, 2.45) is 11.7 Å². The number of nitrogens with zero attached hydrogens (tertiary/aromatic N) is 1. The first-order chi connectivity index (χ1) is 7.74. The van der Waals surface area contributed by atoms with Crippen LogP contribution < -0.4 is 5.73 Å². The zero-order chi connectivity index (χ0) is 13.2. The Labute approximate surface area is 102 Å². The second-order valence-corrected chi connectivity index (χ2v) is 5.35. The summed E-state index contributed by atoms with van der Waals surface area (Å²) >= 11 is 0. The van der Waals surface area contributed by atoms with Crippen LogP contribution in [0.15, 0.2) is 0 Å². The molecule has 0 aromatic heterocycles. The van der Waals surface area contributed by atoms with Gasteiger partial charge < -0.3 is 25.2 Å². The topological polar surface area (TPSA) is 85.0 Å². The fourth-order valence-corrected chi connectivity index (χ4v) is 1.62. The molecule has 0 aliphatic carbocycles. The molecule has 1 heterocycles. The summed E-state index contributed by atoms with van der Waals surface area (Å²) in [5.41, 5.74) is 5.28. The highest BCUT2D eigenvalue weighted by molar-refractivity contribution is 5.69. The lowest BCUT2D eigenvalue weighted by molar-refractivity contribution is -0.114. The van der Waals surface area contributed by atoms with E-state index in [9.17, 15) is 9.90 Å². The number of aliphatic hydroxyl groups excluding tert-OH is 1. The largest absolute Gasteiger partial charge is 0.444 e. The van der Waals surface area contributed by atoms with Crippen LogP contribution in [0.5, 0.6) is 0 Å². The van der Waals surface area contributed by atoms with Gasteiger partial charge in [0.2, 0.25) is 0 Å². The Balaban J connectivity index is 2.34. The number of carbonyl (C=O) groups excluding carboxylic acids is 1. The highest BCUT2D eigenvalue weighted by Gasteiger charge is 2.39. The molecule has 0 saturated carbocycles. The summed E-state index contributed by atoms with van der Waals surface area (Å²) in [6.07, 6.45) is -1.33. The highest BCUT2D eigenvalue weighted by atomic mass is 16.6. The van der Waals surface area contributed by atoms with Gasteiger partial charge in [0, 0.05) is 26.1 Å². The first-order valence-corrected chi connectivity index (χ1v) is 5.69. The fourth-order valence-electron chi connectivity index (χ4n) is 1.62. The molecular formula is C11H22N2O4. The molecule has 6 heteroatoms. The van der Waals surface area contributed by atoms with Crippen LogP contribution in [0.3, 0.4) is 0 Å². The molecule has 0 aromatic rings. The number of amides is 1. The van der Waals surface area contributed by atoms with Crippen molar-refractivity contribution >= 4 is 6.09 Å². The summed E-state index contributed by atoms with van der Waals surface area (Å²) in [4.78, 5) is 13.2. The van der Waals surface area contributed by atoms with Crippen molar-refractivity contribution in [2.75, 3.05) is 20.2 Å². The molecule has 1 saturated heterocycles. The van der Waals surface area contributed by atoms with Crippen molar-refractivity contribution in [2.45, 2.75) is 38.7 Å². The Bertz CT molecular complexity index is 271. The normalized spacial score (nSPS) is 20.7. The Hall–Kier alpha value is -0.850. The first-order valence-electron chi connectivity index (χ1n) is 5.69. The summed E-state index contributed by atoms with van der Waals surface area (Å²) in [5.74, 6) is 0.0532. The van der Waals surface area contributed by atoms with E-state index in [2.05, 4.69) is 0 Å². The van der Waals surface area contributed by atoms with Crippen LogP contribution in [0.2, 0.25) is 0 Å². The maximum Gasteiger partial charge on any atom is 0.410 e. The molecule has 1 rings (SSSR count). The third-order valence-corrected chi connectivity index (χ3v) is 2.68. The van der Waals surface area contributed by atoms with E-state index in [1.54, 1.807) is 4.90 Å². The van der Waals surface area contributed by atoms with Crippen LogP contribution in [0.4, 0.5) is 4.79 Å². The zero-order valence-corrected chi connectivity index (χ0v) is 10.8. The van der Waals surface area contributed by atoms with E-state index in [1.165, 1.54) is 7.11 Å². The van der Waals surface area contributed by atoms with E-state index in [0.717, 1.165) is 0 Å². The van der Waals surface area contributed by atoms with E-state index in [4.69, 9.17) is 15.2 Å². The van der Waals surface area contributed by atoms with E-state index < -0.39 is 17.9 Å². The third-order valence-electron chi connectivity index (χ3n) is 2.68. The van der Waals surface area contributed by atoms with Gasteiger partial charge in [0.05, 0.1) is 6.04 Å². The molecule has 0 aromatic carbocycles. The highest BCUT2D eigenvalue weighted by Crippen LogP contribution is 2.22. The maximum absolute atomic E-state index is 11.6. The summed E-state index contributed by atoms with van der Waals surface area (Å²) in [6.45, 7) is 6.46. The van der Waals surface area contributed by atoms with Gasteiger partial charge in [-0.25, -0.2) is 4.79 Å². The van der Waals surface area contributed by atoms with E-state index in [1.807, 2.05) is 20.8 Å². The molecule has 2 atom stereocenters. The van der Waals surface area contributed by atoms with E-state index in [-0.39, 0.29) is 12.0 Å². The molecule has 2 unspecified atom stereocenters. The van der Waals surface area contributed by atoms with Gasteiger partial charge in [0.25, 0.3) is 0 Å².